The van der Waals surface area contributed by atoms with Gasteiger partial charge in [-0.15, -0.1) is 0 Å². The second-order valence-electron chi connectivity index (χ2n) is 28.7. The number of aromatic amines is 1. The van der Waals surface area contributed by atoms with Gasteiger partial charge < -0.3 is 107 Å². The van der Waals surface area contributed by atoms with Gasteiger partial charge in [-0.2, -0.15) is 11.8 Å². The highest BCUT2D eigenvalue weighted by Crippen LogP contribution is 2.24. The van der Waals surface area contributed by atoms with Gasteiger partial charge in [0, 0.05) is 68.7 Å². The third-order valence-electron chi connectivity index (χ3n) is 19.3. The highest BCUT2D eigenvalue weighted by Gasteiger charge is 2.41. The van der Waals surface area contributed by atoms with Crippen molar-refractivity contribution in [3.8, 4) is 11.5 Å². The summed E-state index contributed by atoms with van der Waals surface area (Å²) in [5.41, 5.74) is 25.6. The minimum atomic E-state index is -1.74. The molecule has 1 saturated heterocycles. The predicted molar refractivity (Wildman–Crippen MR) is 424 cm³/mol. The monoisotopic (exact) mass is 1600 g/mol. The molecular weight excluding hydrogens is 1490 g/mol. The van der Waals surface area contributed by atoms with E-state index in [2.05, 4.69) is 63.5 Å². The Morgan fingerprint density at radius 3 is 1.63 bits per heavy atom. The summed E-state index contributed by atoms with van der Waals surface area (Å²) in [7, 11) is 0. The Hall–Kier alpha value is -11.8. The van der Waals surface area contributed by atoms with Gasteiger partial charge in [0.15, 0.2) is 5.96 Å². The third-order valence-corrected chi connectivity index (χ3v) is 19.9. The Kier molecular flexibility index (Phi) is 36.4. The van der Waals surface area contributed by atoms with E-state index in [-0.39, 0.29) is 100 Å². The molecule has 1 fully saturated rings. The zero-order valence-corrected chi connectivity index (χ0v) is 65.4. The fraction of sp³-hybridized carbons (Fsp3) is 0.474. The number of guanidine groups is 1. The van der Waals surface area contributed by atoms with Crippen molar-refractivity contribution in [3.05, 3.63) is 132 Å². The number of aromatic nitrogens is 1. The van der Waals surface area contributed by atoms with E-state index in [0.29, 0.717) is 46.0 Å². The quantitative estimate of drug-likeness (QED) is 0.0131. The van der Waals surface area contributed by atoms with Crippen molar-refractivity contribution in [2.45, 2.75) is 190 Å². The number of likely N-dealkylation sites (tertiary alicyclic amines) is 1. The van der Waals surface area contributed by atoms with Gasteiger partial charge in [-0.3, -0.25) is 72.5 Å². The van der Waals surface area contributed by atoms with Crippen LogP contribution in [0.5, 0.6) is 11.5 Å². The second kappa shape index (κ2) is 45.6. The number of rotatable bonds is 47. The van der Waals surface area contributed by atoms with Crippen LogP contribution in [-0.2, 0) is 92.8 Å². The molecule has 0 unspecified atom stereocenters. The lowest BCUT2D eigenvalue weighted by Crippen LogP contribution is -2.61. The van der Waals surface area contributed by atoms with Crippen molar-refractivity contribution in [3.63, 3.8) is 0 Å². The Morgan fingerprint density at radius 2 is 1.07 bits per heavy atom. The van der Waals surface area contributed by atoms with Gasteiger partial charge in [0.2, 0.25) is 76.8 Å². The lowest BCUT2D eigenvalue weighted by molar-refractivity contribution is -0.142. The zero-order valence-electron chi connectivity index (χ0n) is 64.6. The standard InChI is InChI=1S/C78H108N18O17S/c1-6-44(4)66(76(112)93-59(37-45-14-8-7-9-15-45)72(108)94-61(39-47-22-26-50(98)27-23-47)77(113)96-34-13-19-62(96)75(111)91-57(67(81)103)36-43(2)3)95-74(110)58(38-46-20-24-49(97)25-21-46)87-64(100)42-86-69(105)56(32-35-114-5)90-71(107)55(29-31-65(101)102)88-70(106)54(28-30-63(80)99)89-73(109)60(40-48-41-85-53-18-11-10-16-51(48)53)92-68(104)52(79)17-12-33-84-78(82)83/h7-11,14-16,18,20-27,41,43-44,52,54-62,66,85,97-98H,6,12-13,17,19,28-40,42,79H2,1-5H3,(H2,80,99)(H2,81,103)(H,86,105)(H,87,100)(H,88,106)(H,89,109)(H,90,107)(H,91,111)(H,92,104)(H,93,112)(H,94,108)(H,95,110)(H,101,102)(H4,82,83,84)/t44-,52-,54-,55-,56-,57-,58-,59-,60-,61-,62-,66-/m0/s1. The van der Waals surface area contributed by atoms with Crippen molar-refractivity contribution in [2.24, 2.45) is 34.8 Å². The number of carbonyl (C=O) groups excluding carboxylic acids is 13. The minimum Gasteiger partial charge on any atom is -0.508 e. The first-order chi connectivity index (χ1) is 54.2. The molecule has 6 rings (SSSR count). The van der Waals surface area contributed by atoms with Crippen molar-refractivity contribution in [2.75, 3.05) is 31.6 Å². The van der Waals surface area contributed by atoms with Gasteiger partial charge in [-0.05, 0) is 128 Å². The second-order valence-corrected chi connectivity index (χ2v) is 29.6. The van der Waals surface area contributed by atoms with E-state index in [9.17, 15) is 82.4 Å². The van der Waals surface area contributed by atoms with Gasteiger partial charge in [-0.25, -0.2) is 0 Å². The van der Waals surface area contributed by atoms with E-state index in [1.54, 1.807) is 93.0 Å². The molecule has 618 valence electrons. The molecular formula is C78H108N18O17S. The molecule has 0 bridgehead atoms. The first-order valence-electron chi connectivity index (χ1n) is 37.8. The van der Waals surface area contributed by atoms with Gasteiger partial charge in [-0.1, -0.05) is 107 Å². The van der Waals surface area contributed by atoms with Crippen LogP contribution in [0.2, 0.25) is 0 Å². The van der Waals surface area contributed by atoms with Crippen LogP contribution < -0.4 is 81.4 Å². The van der Waals surface area contributed by atoms with Crippen molar-refractivity contribution in [1.29, 1.82) is 5.41 Å². The lowest BCUT2D eigenvalue weighted by atomic mass is 9.96. The summed E-state index contributed by atoms with van der Waals surface area (Å²) in [6, 6.07) is 12.0. The van der Waals surface area contributed by atoms with Crippen LogP contribution in [0.15, 0.2) is 109 Å². The lowest BCUT2D eigenvalue weighted by Gasteiger charge is -2.31. The number of hydrogen-bond acceptors (Lipinski definition) is 19. The molecule has 1 aliphatic heterocycles. The van der Waals surface area contributed by atoms with Gasteiger partial charge in [0.1, 0.15) is 71.9 Å². The number of carboxylic acid groups (broad SMARTS) is 1. The molecule has 13 amide bonds. The molecule has 0 spiro atoms. The Bertz CT molecular complexity index is 4150. The molecule has 35 nitrogen and oxygen atoms in total. The number of aromatic hydroxyl groups is 2. The highest BCUT2D eigenvalue weighted by molar-refractivity contribution is 7.98. The number of carboxylic acids is 1. The van der Waals surface area contributed by atoms with Crippen LogP contribution >= 0.6 is 11.8 Å². The summed E-state index contributed by atoms with van der Waals surface area (Å²) in [5.74, 6) is -13.6. The number of hydrogen-bond donors (Lipinski definition) is 20. The first-order valence-corrected chi connectivity index (χ1v) is 39.2. The number of phenolic OH excluding ortho intramolecular Hbond substituents is 2. The number of carbonyl (C=O) groups is 14. The molecule has 114 heavy (non-hydrogen) atoms. The van der Waals surface area contributed by atoms with E-state index >= 15 is 0 Å². The Balaban J connectivity index is 1.20. The fourth-order valence-corrected chi connectivity index (χ4v) is 13.3. The number of nitrogens with one attached hydrogen (secondary N) is 13. The Morgan fingerprint density at radius 1 is 0.561 bits per heavy atom. The highest BCUT2D eigenvalue weighted by atomic mass is 32.2. The van der Waals surface area contributed by atoms with Gasteiger partial charge >= 0.3 is 5.97 Å². The van der Waals surface area contributed by atoms with Crippen LogP contribution in [0.4, 0.5) is 0 Å². The molecule has 2 heterocycles. The smallest absolute Gasteiger partial charge is 0.303 e. The van der Waals surface area contributed by atoms with E-state index in [1.165, 1.54) is 53.1 Å². The van der Waals surface area contributed by atoms with Crippen LogP contribution in [-0.4, -0.2) is 212 Å². The average Bonchev–Trinajstić information content (AvgIpc) is 1.62. The number of aliphatic carboxylic acids is 1. The molecule has 36 heteroatoms. The Labute approximate surface area is 664 Å². The third kappa shape index (κ3) is 29.7. The summed E-state index contributed by atoms with van der Waals surface area (Å²) < 4.78 is 0. The number of nitrogens with zero attached hydrogens (tertiary/aromatic N) is 1. The predicted octanol–water partition coefficient (Wildman–Crippen LogP) is -0.628. The normalized spacial score (nSPS) is 15.4. The largest absolute Gasteiger partial charge is 0.508 e. The van der Waals surface area contributed by atoms with E-state index < -0.39 is 187 Å². The molecule has 0 saturated carbocycles. The first kappa shape index (κ1) is 91.1. The number of primary amides is 2. The number of para-hydroxylation sites is 1. The molecule has 1 aromatic heterocycles. The van der Waals surface area contributed by atoms with Crippen molar-refractivity contribution < 1.29 is 82.4 Å². The number of phenols is 2. The number of fused-ring (bicyclic) bond motifs is 1. The topological polar surface area (TPSA) is 579 Å². The molecule has 5 aromatic rings. The molecule has 4 aromatic carbocycles. The summed E-state index contributed by atoms with van der Waals surface area (Å²) in [4.78, 5) is 200. The maximum absolute atomic E-state index is 15.0. The zero-order chi connectivity index (χ0) is 83.7. The van der Waals surface area contributed by atoms with Crippen LogP contribution in [0, 0.1) is 17.2 Å². The molecule has 24 N–H and O–H groups in total. The van der Waals surface area contributed by atoms with Crippen LogP contribution in [0.25, 0.3) is 10.9 Å². The number of benzene rings is 4. The molecule has 0 radical (unpaired) electrons. The van der Waals surface area contributed by atoms with E-state index in [0.717, 1.165) is 0 Å². The molecule has 12 atom stereocenters. The number of thioether (sulfide) groups is 1. The van der Waals surface area contributed by atoms with Gasteiger partial charge in [0.25, 0.3) is 0 Å². The maximum Gasteiger partial charge on any atom is 0.303 e. The number of amides is 13. The van der Waals surface area contributed by atoms with E-state index in [4.69, 9.17) is 28.3 Å². The maximum atomic E-state index is 15.0. The average molecular weight is 1600 g/mol. The summed E-state index contributed by atoms with van der Waals surface area (Å²) in [6.45, 7) is 6.61. The number of H-pyrrole nitrogens is 1. The summed E-state index contributed by atoms with van der Waals surface area (Å²) in [6.07, 6.45) is 1.85. The fourth-order valence-electron chi connectivity index (χ4n) is 12.8. The number of nitrogens with two attached hydrogens (primary N) is 4. The van der Waals surface area contributed by atoms with Crippen LogP contribution in [0.1, 0.15) is 121 Å². The summed E-state index contributed by atoms with van der Waals surface area (Å²) in [5, 5.41) is 67.2. The molecule has 0 aliphatic carbocycles. The van der Waals surface area contributed by atoms with Gasteiger partial charge in [0.05, 0.1) is 12.6 Å². The summed E-state index contributed by atoms with van der Waals surface area (Å²) >= 11 is 1.27. The van der Waals surface area contributed by atoms with E-state index in [1.807, 2.05) is 13.8 Å². The van der Waals surface area contributed by atoms with Crippen LogP contribution in [0.3, 0.4) is 0 Å². The van der Waals surface area contributed by atoms with Crippen molar-refractivity contribution >= 4 is 111 Å². The SMILES string of the molecule is CC[C@H](C)[C@H](NC(=O)[C@H](Cc1ccc(O)cc1)NC(=O)CNC(=O)[C@H](CCSC)NC(=O)[C@H](CCC(=O)O)NC(=O)[C@H](CCC(N)=O)NC(=O)[C@H](Cc1c[nH]c2ccccc12)NC(=O)[C@@H](N)CCCNC(=N)N)C(=O)N[C@@H](Cc1ccccc1)C(=O)N[C@@H](Cc1ccc(O)cc1)C(=O)N1CCC[C@H]1C(=O)N[C@@H](CC(C)C)C(N)=O. The molecule has 1 aliphatic rings. The minimum absolute atomic E-state index is 0.0218. The van der Waals surface area contributed by atoms with Crippen molar-refractivity contribution in [1.82, 2.24) is 68.4 Å².